The SMILES string of the molecule is C1=Cc2c(n(-c3ccc(C4=NC(c5ccccc5)NC(c5nc(-c6ccccc6)nc(-c6ccccc6)n5)=C4)cc3)c3ccccc23)CC1. The molecule has 0 saturated heterocycles. The summed E-state index contributed by atoms with van der Waals surface area (Å²) in [4.78, 5) is 20.1. The van der Waals surface area contributed by atoms with Gasteiger partial charge >= 0.3 is 0 Å². The van der Waals surface area contributed by atoms with E-state index in [1.54, 1.807) is 0 Å². The Morgan fingerprint density at radius 3 is 1.90 bits per heavy atom. The maximum absolute atomic E-state index is 5.21. The summed E-state index contributed by atoms with van der Waals surface area (Å²) in [7, 11) is 0. The van der Waals surface area contributed by atoms with Crippen molar-refractivity contribution in [3.8, 4) is 28.5 Å². The molecule has 5 aromatic carbocycles. The van der Waals surface area contributed by atoms with Gasteiger partial charge in [0.1, 0.15) is 6.17 Å². The van der Waals surface area contributed by atoms with Gasteiger partial charge in [-0.05, 0) is 48.2 Å². The fourth-order valence-corrected chi connectivity index (χ4v) is 6.79. The van der Waals surface area contributed by atoms with Crippen molar-refractivity contribution in [1.82, 2.24) is 24.8 Å². The van der Waals surface area contributed by atoms with E-state index in [1.165, 1.54) is 22.2 Å². The van der Waals surface area contributed by atoms with Crippen LogP contribution in [0.4, 0.5) is 0 Å². The van der Waals surface area contributed by atoms with Gasteiger partial charge in [0.2, 0.25) is 0 Å². The van der Waals surface area contributed by atoms with Gasteiger partial charge in [-0.2, -0.15) is 0 Å². The third-order valence-corrected chi connectivity index (χ3v) is 9.17. The van der Waals surface area contributed by atoms with Crippen LogP contribution in [0.5, 0.6) is 0 Å². The third kappa shape index (κ3) is 5.43. The molecule has 2 aliphatic rings. The molecular formula is C43H32N6. The second kappa shape index (κ2) is 12.3. The highest BCUT2D eigenvalue weighted by Crippen LogP contribution is 2.34. The highest BCUT2D eigenvalue weighted by Gasteiger charge is 2.23. The first-order valence-corrected chi connectivity index (χ1v) is 16.7. The first kappa shape index (κ1) is 28.8. The van der Waals surface area contributed by atoms with Crippen molar-refractivity contribution < 1.29 is 0 Å². The second-order valence-electron chi connectivity index (χ2n) is 12.3. The van der Waals surface area contributed by atoms with Gasteiger partial charge in [0.05, 0.1) is 16.9 Å². The summed E-state index contributed by atoms with van der Waals surface area (Å²) in [5, 5.41) is 4.93. The van der Waals surface area contributed by atoms with Crippen molar-refractivity contribution in [3.63, 3.8) is 0 Å². The first-order chi connectivity index (χ1) is 24.3. The summed E-state index contributed by atoms with van der Waals surface area (Å²) in [6, 6.07) is 47.9. The van der Waals surface area contributed by atoms with E-state index in [9.17, 15) is 0 Å². The van der Waals surface area contributed by atoms with Crippen LogP contribution in [0.15, 0.2) is 157 Å². The summed E-state index contributed by atoms with van der Waals surface area (Å²) in [5.74, 6) is 1.80. The zero-order chi connectivity index (χ0) is 32.6. The van der Waals surface area contributed by atoms with Crippen LogP contribution in [-0.4, -0.2) is 25.2 Å². The van der Waals surface area contributed by atoms with Crippen LogP contribution in [0.25, 0.3) is 51.1 Å². The van der Waals surface area contributed by atoms with E-state index in [1.807, 2.05) is 78.9 Å². The molecule has 0 spiro atoms. The molecule has 6 nitrogen and oxygen atoms in total. The molecule has 1 N–H and O–H groups in total. The average Bonchev–Trinajstić information content (AvgIpc) is 3.53. The molecule has 234 valence electrons. The Hall–Kier alpha value is -6.40. The van der Waals surface area contributed by atoms with Crippen LogP contribution in [0.3, 0.4) is 0 Å². The van der Waals surface area contributed by atoms with Crippen LogP contribution in [0, 0.1) is 0 Å². The second-order valence-corrected chi connectivity index (χ2v) is 12.3. The number of nitrogens with zero attached hydrogens (tertiary/aromatic N) is 5. The van der Waals surface area contributed by atoms with E-state index in [-0.39, 0.29) is 6.17 Å². The zero-order valence-corrected chi connectivity index (χ0v) is 26.7. The number of hydrogen-bond acceptors (Lipinski definition) is 5. The molecule has 0 radical (unpaired) electrons. The lowest BCUT2D eigenvalue weighted by Crippen LogP contribution is -2.26. The Labute approximate surface area is 284 Å². The number of fused-ring (bicyclic) bond motifs is 3. The molecule has 3 heterocycles. The molecule has 0 saturated carbocycles. The van der Waals surface area contributed by atoms with E-state index in [2.05, 4.69) is 88.8 Å². The minimum absolute atomic E-state index is 0.319. The Bertz CT molecular complexity index is 2330. The molecule has 2 aromatic heterocycles. The first-order valence-electron chi connectivity index (χ1n) is 16.7. The number of hydrogen-bond donors (Lipinski definition) is 1. The number of para-hydroxylation sites is 1. The van der Waals surface area contributed by atoms with E-state index in [0.717, 1.165) is 52.2 Å². The van der Waals surface area contributed by atoms with Crippen molar-refractivity contribution in [2.45, 2.75) is 19.0 Å². The monoisotopic (exact) mass is 632 g/mol. The zero-order valence-electron chi connectivity index (χ0n) is 26.7. The Morgan fingerprint density at radius 1 is 0.592 bits per heavy atom. The standard InChI is InChI=1S/C43H32N6/c1-4-14-30(15-5-1)40-44-36(29-24-26-33(27-25-29)49-38-22-12-10-20-34(38)35-21-11-13-23-39(35)49)28-37(45-40)43-47-41(31-16-6-2-7-17-31)46-42(48-43)32-18-8-3-9-19-32/h1-12,14-22,24-28,40,45H,13,23H2. The maximum Gasteiger partial charge on any atom is 0.180 e. The van der Waals surface area contributed by atoms with Crippen molar-refractivity contribution in [3.05, 3.63) is 180 Å². The normalized spacial score (nSPS) is 15.3. The van der Waals surface area contributed by atoms with Gasteiger partial charge in [-0.3, -0.25) is 4.99 Å². The quantitative estimate of drug-likeness (QED) is 0.198. The van der Waals surface area contributed by atoms with Crippen LogP contribution >= 0.6 is 0 Å². The minimum atomic E-state index is -0.319. The smallest absolute Gasteiger partial charge is 0.180 e. The molecule has 1 aliphatic heterocycles. The van der Waals surface area contributed by atoms with Crippen LogP contribution < -0.4 is 5.32 Å². The molecule has 0 bridgehead atoms. The van der Waals surface area contributed by atoms with Crippen molar-refractivity contribution in [1.29, 1.82) is 0 Å². The number of aliphatic imine (C=N–C) groups is 1. The van der Waals surface area contributed by atoms with Gasteiger partial charge in [-0.1, -0.05) is 133 Å². The maximum atomic E-state index is 5.21. The van der Waals surface area contributed by atoms with Gasteiger partial charge in [0, 0.05) is 33.5 Å². The van der Waals surface area contributed by atoms with Crippen molar-refractivity contribution in [2.75, 3.05) is 0 Å². The van der Waals surface area contributed by atoms with E-state index in [0.29, 0.717) is 17.5 Å². The van der Waals surface area contributed by atoms with Crippen LogP contribution in [0.1, 0.15) is 40.8 Å². The predicted octanol–water partition coefficient (Wildman–Crippen LogP) is 9.24. The number of aromatic nitrogens is 4. The molecule has 7 aromatic rings. The van der Waals surface area contributed by atoms with Gasteiger partial charge in [0.25, 0.3) is 0 Å². The van der Waals surface area contributed by atoms with Gasteiger partial charge in [-0.15, -0.1) is 0 Å². The summed E-state index contributed by atoms with van der Waals surface area (Å²) in [6.07, 6.45) is 8.37. The number of rotatable bonds is 6. The molecular weight excluding hydrogens is 601 g/mol. The molecule has 49 heavy (non-hydrogen) atoms. The van der Waals surface area contributed by atoms with E-state index in [4.69, 9.17) is 19.9 Å². The number of nitrogens with one attached hydrogen (secondary N) is 1. The lowest BCUT2D eigenvalue weighted by Gasteiger charge is -2.24. The summed E-state index contributed by atoms with van der Waals surface area (Å²) in [5.41, 5.74) is 10.7. The largest absolute Gasteiger partial charge is 0.357 e. The van der Waals surface area contributed by atoms with Gasteiger partial charge in [0.15, 0.2) is 17.5 Å². The molecule has 1 aliphatic carbocycles. The Morgan fingerprint density at radius 2 is 1.20 bits per heavy atom. The minimum Gasteiger partial charge on any atom is -0.357 e. The van der Waals surface area contributed by atoms with Gasteiger partial charge in [-0.25, -0.2) is 15.0 Å². The fourth-order valence-electron chi connectivity index (χ4n) is 6.79. The van der Waals surface area contributed by atoms with Crippen LogP contribution in [0.2, 0.25) is 0 Å². The van der Waals surface area contributed by atoms with Gasteiger partial charge < -0.3 is 9.88 Å². The molecule has 9 rings (SSSR count). The third-order valence-electron chi connectivity index (χ3n) is 9.17. The highest BCUT2D eigenvalue weighted by molar-refractivity contribution is 6.13. The molecule has 1 unspecified atom stereocenters. The lowest BCUT2D eigenvalue weighted by molar-refractivity contribution is 0.659. The molecule has 0 amide bonds. The Balaban J connectivity index is 1.16. The number of allylic oxidation sites excluding steroid dienone is 2. The number of benzene rings is 5. The Kier molecular flexibility index (Phi) is 7.24. The average molecular weight is 633 g/mol. The van der Waals surface area contributed by atoms with E-state index < -0.39 is 0 Å². The lowest BCUT2D eigenvalue weighted by atomic mass is 10.0. The van der Waals surface area contributed by atoms with Crippen LogP contribution in [-0.2, 0) is 6.42 Å². The molecule has 1 atom stereocenters. The van der Waals surface area contributed by atoms with Crippen molar-refractivity contribution in [2.24, 2.45) is 4.99 Å². The summed E-state index contributed by atoms with van der Waals surface area (Å²) in [6.45, 7) is 0. The summed E-state index contributed by atoms with van der Waals surface area (Å²) < 4.78 is 2.41. The fraction of sp³-hybridized carbons (Fsp3) is 0.0698. The van der Waals surface area contributed by atoms with Crippen molar-refractivity contribution >= 4 is 28.4 Å². The molecule has 0 fully saturated rings. The predicted molar refractivity (Wildman–Crippen MR) is 198 cm³/mol. The summed E-state index contributed by atoms with van der Waals surface area (Å²) >= 11 is 0. The van der Waals surface area contributed by atoms with E-state index >= 15 is 0 Å². The highest BCUT2D eigenvalue weighted by atomic mass is 15.1. The molecule has 6 heteroatoms. The topological polar surface area (TPSA) is 68.0 Å².